The predicted molar refractivity (Wildman–Crippen MR) is 58.3 cm³/mol. The first kappa shape index (κ1) is 10.2. The van der Waals surface area contributed by atoms with E-state index in [0.29, 0.717) is 11.4 Å². The molecule has 1 amide bonds. The lowest BCUT2D eigenvalue weighted by molar-refractivity contribution is 0.102. The lowest BCUT2D eigenvalue weighted by Crippen LogP contribution is -2.15. The minimum Gasteiger partial charge on any atom is -0.328 e. The van der Waals surface area contributed by atoms with E-state index in [1.54, 1.807) is 6.20 Å². The van der Waals surface area contributed by atoms with Crippen LogP contribution in [0.4, 0.5) is 5.82 Å². The second kappa shape index (κ2) is 4.01. The lowest BCUT2D eigenvalue weighted by Gasteiger charge is -2.02. The number of aromatic amines is 2. The summed E-state index contributed by atoms with van der Waals surface area (Å²) < 4.78 is 0. The Morgan fingerprint density at radius 3 is 2.81 bits per heavy atom. The van der Waals surface area contributed by atoms with Crippen LogP contribution in [0.3, 0.4) is 0 Å². The summed E-state index contributed by atoms with van der Waals surface area (Å²) in [5.41, 5.74) is 0.987. The van der Waals surface area contributed by atoms with Crippen LogP contribution in [0.2, 0.25) is 0 Å². The average molecular weight is 218 g/mol. The van der Waals surface area contributed by atoms with Crippen molar-refractivity contribution in [2.24, 2.45) is 0 Å². The Bertz CT molecular complexity index is 550. The highest BCUT2D eigenvalue weighted by atomic mass is 16.2. The molecule has 0 spiro atoms. The number of carbonyl (C=O) groups is 1. The molecule has 2 rings (SSSR count). The first-order valence-corrected chi connectivity index (χ1v) is 4.67. The van der Waals surface area contributed by atoms with Crippen molar-refractivity contribution < 1.29 is 4.79 Å². The van der Waals surface area contributed by atoms with Gasteiger partial charge in [-0.3, -0.25) is 14.7 Å². The molecule has 0 atom stereocenters. The number of nitrogens with one attached hydrogen (secondary N) is 3. The second-order valence-electron chi connectivity index (χ2n) is 3.32. The summed E-state index contributed by atoms with van der Waals surface area (Å²) in [5.74, 6) is 0.250. The van der Waals surface area contributed by atoms with Crippen LogP contribution in [0.5, 0.6) is 0 Å². The maximum Gasteiger partial charge on any atom is 0.258 e. The Hall–Kier alpha value is -2.37. The summed E-state index contributed by atoms with van der Waals surface area (Å²) in [6.07, 6.45) is 2.98. The molecule has 0 saturated heterocycles. The first-order chi connectivity index (χ1) is 7.66. The predicted octanol–water partition coefficient (Wildman–Crippen LogP) is 0.659. The maximum absolute atomic E-state index is 11.7. The summed E-state index contributed by atoms with van der Waals surface area (Å²) in [6.45, 7) is 1.83. The third kappa shape index (κ3) is 2.00. The van der Waals surface area contributed by atoms with Gasteiger partial charge in [0.25, 0.3) is 5.91 Å². The fourth-order valence-electron chi connectivity index (χ4n) is 1.21. The van der Waals surface area contributed by atoms with Crippen molar-refractivity contribution in [2.75, 3.05) is 5.32 Å². The van der Waals surface area contributed by atoms with Gasteiger partial charge in [-0.05, 0) is 13.0 Å². The average Bonchev–Trinajstić information content (AvgIpc) is 2.65. The van der Waals surface area contributed by atoms with Crippen LogP contribution in [0, 0.1) is 6.92 Å². The van der Waals surface area contributed by atoms with Crippen molar-refractivity contribution in [2.45, 2.75) is 6.92 Å². The summed E-state index contributed by atoms with van der Waals surface area (Å²) in [5, 5.41) is 9.10. The highest BCUT2D eigenvalue weighted by Crippen LogP contribution is 2.09. The zero-order chi connectivity index (χ0) is 11.5. The van der Waals surface area contributed by atoms with Crippen LogP contribution in [0.25, 0.3) is 0 Å². The molecule has 0 fully saturated rings. The zero-order valence-corrected chi connectivity index (χ0v) is 8.57. The molecule has 0 radical (unpaired) electrons. The van der Waals surface area contributed by atoms with Crippen molar-refractivity contribution in [1.29, 1.82) is 0 Å². The van der Waals surface area contributed by atoms with Crippen LogP contribution >= 0.6 is 0 Å². The minimum atomic E-state index is -0.302. The monoisotopic (exact) mass is 218 g/mol. The van der Waals surface area contributed by atoms with E-state index >= 15 is 0 Å². The molecule has 0 saturated carbocycles. The third-order valence-corrected chi connectivity index (χ3v) is 2.11. The molecular formula is C10H10N4O2. The molecule has 2 heterocycles. The molecule has 6 nitrogen and oxygen atoms in total. The summed E-state index contributed by atoms with van der Waals surface area (Å²) in [4.78, 5) is 24.9. The van der Waals surface area contributed by atoms with E-state index in [1.165, 1.54) is 18.3 Å². The maximum atomic E-state index is 11.7. The van der Waals surface area contributed by atoms with E-state index < -0.39 is 0 Å². The first-order valence-electron chi connectivity index (χ1n) is 4.67. The van der Waals surface area contributed by atoms with Gasteiger partial charge in [-0.25, -0.2) is 0 Å². The quantitative estimate of drug-likeness (QED) is 0.691. The zero-order valence-electron chi connectivity index (χ0n) is 8.57. The van der Waals surface area contributed by atoms with Gasteiger partial charge in [0.05, 0.1) is 11.8 Å². The molecular weight excluding hydrogens is 208 g/mol. The highest BCUT2D eigenvalue weighted by molar-refractivity contribution is 6.03. The Balaban J connectivity index is 2.18. The number of aromatic nitrogens is 3. The number of carbonyl (C=O) groups excluding carboxylic acids is 1. The van der Waals surface area contributed by atoms with Gasteiger partial charge in [-0.15, -0.1) is 0 Å². The van der Waals surface area contributed by atoms with Gasteiger partial charge in [-0.2, -0.15) is 5.10 Å². The summed E-state index contributed by atoms with van der Waals surface area (Å²) in [6, 6.07) is 2.76. The summed E-state index contributed by atoms with van der Waals surface area (Å²) in [7, 11) is 0. The van der Waals surface area contributed by atoms with E-state index in [1.807, 2.05) is 6.92 Å². The highest BCUT2D eigenvalue weighted by Gasteiger charge is 2.08. The Morgan fingerprint density at radius 1 is 1.44 bits per heavy atom. The molecule has 0 aromatic carbocycles. The molecule has 16 heavy (non-hydrogen) atoms. The standard InChI is InChI=1S/C10H10N4O2/c1-6-4-12-14-9(6)13-10(16)7-2-3-8(15)11-5-7/h2-5H,1H3,(H,11,15)(H2,12,13,14,16). The van der Waals surface area contributed by atoms with Crippen molar-refractivity contribution in [3.8, 4) is 0 Å². The summed E-state index contributed by atoms with van der Waals surface area (Å²) >= 11 is 0. The number of pyridine rings is 1. The van der Waals surface area contributed by atoms with Crippen LogP contribution in [0.15, 0.2) is 29.3 Å². The van der Waals surface area contributed by atoms with E-state index in [-0.39, 0.29) is 11.5 Å². The van der Waals surface area contributed by atoms with E-state index in [0.717, 1.165) is 5.56 Å². The van der Waals surface area contributed by atoms with Crippen LogP contribution in [-0.4, -0.2) is 21.1 Å². The molecule has 0 aliphatic carbocycles. The SMILES string of the molecule is Cc1cn[nH]c1NC(=O)c1ccc(=O)[nH]c1. The molecule has 82 valence electrons. The Morgan fingerprint density at radius 2 is 2.25 bits per heavy atom. The normalized spacial score (nSPS) is 10.1. The number of anilines is 1. The Labute approximate surface area is 90.7 Å². The second-order valence-corrected chi connectivity index (χ2v) is 3.32. The number of aryl methyl sites for hydroxylation is 1. The number of amides is 1. The van der Waals surface area contributed by atoms with Crippen molar-refractivity contribution in [3.05, 3.63) is 46.0 Å². The smallest absolute Gasteiger partial charge is 0.258 e. The fourth-order valence-corrected chi connectivity index (χ4v) is 1.21. The van der Waals surface area contributed by atoms with Crippen molar-refractivity contribution in [3.63, 3.8) is 0 Å². The van der Waals surface area contributed by atoms with Gasteiger partial charge in [0.15, 0.2) is 0 Å². The molecule has 0 aliphatic heterocycles. The molecule has 0 bridgehead atoms. The number of H-pyrrole nitrogens is 2. The molecule has 0 unspecified atom stereocenters. The number of hydrogen-bond donors (Lipinski definition) is 3. The van der Waals surface area contributed by atoms with Gasteiger partial charge >= 0.3 is 0 Å². The van der Waals surface area contributed by atoms with Gasteiger partial charge in [0.2, 0.25) is 5.56 Å². The topological polar surface area (TPSA) is 90.6 Å². The van der Waals surface area contributed by atoms with Crippen LogP contribution < -0.4 is 10.9 Å². The Kier molecular flexibility index (Phi) is 2.55. The van der Waals surface area contributed by atoms with Gasteiger partial charge in [0.1, 0.15) is 5.82 Å². The number of hydrogen-bond acceptors (Lipinski definition) is 3. The molecule has 2 aromatic rings. The molecule has 0 aliphatic rings. The van der Waals surface area contributed by atoms with Gasteiger partial charge in [-0.1, -0.05) is 0 Å². The van der Waals surface area contributed by atoms with Gasteiger partial charge in [0, 0.05) is 17.8 Å². The molecule has 3 N–H and O–H groups in total. The molecule has 2 aromatic heterocycles. The largest absolute Gasteiger partial charge is 0.328 e. The third-order valence-electron chi connectivity index (χ3n) is 2.11. The number of rotatable bonds is 2. The van der Waals surface area contributed by atoms with Crippen LogP contribution in [0.1, 0.15) is 15.9 Å². The lowest BCUT2D eigenvalue weighted by atomic mass is 10.2. The fraction of sp³-hybridized carbons (Fsp3) is 0.100. The van der Waals surface area contributed by atoms with Crippen LogP contribution in [-0.2, 0) is 0 Å². The van der Waals surface area contributed by atoms with E-state index in [9.17, 15) is 9.59 Å². The molecule has 6 heteroatoms. The van der Waals surface area contributed by atoms with Crippen molar-refractivity contribution >= 4 is 11.7 Å². The van der Waals surface area contributed by atoms with E-state index in [4.69, 9.17) is 0 Å². The van der Waals surface area contributed by atoms with Crippen molar-refractivity contribution in [1.82, 2.24) is 15.2 Å². The minimum absolute atomic E-state index is 0.241. The van der Waals surface area contributed by atoms with Gasteiger partial charge < -0.3 is 10.3 Å². The number of nitrogens with zero attached hydrogens (tertiary/aromatic N) is 1. The van der Waals surface area contributed by atoms with E-state index in [2.05, 4.69) is 20.5 Å².